The van der Waals surface area contributed by atoms with Crippen LogP contribution in [0.5, 0.6) is 0 Å². The molecule has 0 N–H and O–H groups in total. The molecule has 2 amide bonds. The first-order valence-electron chi connectivity index (χ1n) is 10.6. The number of amides is 2. The summed E-state index contributed by atoms with van der Waals surface area (Å²) in [6.45, 7) is 0.950. The van der Waals surface area contributed by atoms with Gasteiger partial charge in [0.1, 0.15) is 4.32 Å². The van der Waals surface area contributed by atoms with Gasteiger partial charge in [-0.05, 0) is 36.6 Å². The minimum atomic E-state index is -0.0494. The van der Waals surface area contributed by atoms with Crippen LogP contribution in [-0.2, 0) is 9.59 Å². The van der Waals surface area contributed by atoms with Crippen molar-refractivity contribution >= 4 is 51.9 Å². The lowest BCUT2D eigenvalue weighted by molar-refractivity contribution is -0.122. The molecule has 3 rings (SSSR count). The predicted molar refractivity (Wildman–Crippen MR) is 134 cm³/mol. The fourth-order valence-electron chi connectivity index (χ4n) is 3.42. The monoisotopic (exact) mass is 463 g/mol. The molecule has 0 aromatic heterocycles. The summed E-state index contributed by atoms with van der Waals surface area (Å²) in [5, 5.41) is 8.90. The molecule has 7 heteroatoms. The zero-order valence-corrected chi connectivity index (χ0v) is 19.4. The fourth-order valence-corrected chi connectivity index (χ4v) is 4.73. The number of benzene rings is 2. The number of nitriles is 1. The Morgan fingerprint density at radius 2 is 1.75 bits per heavy atom. The molecule has 0 atom stereocenters. The predicted octanol–water partition coefficient (Wildman–Crippen LogP) is 5.40. The number of thiocarbonyl (C=S) groups is 1. The molecule has 5 nitrogen and oxygen atoms in total. The molecule has 1 aliphatic heterocycles. The van der Waals surface area contributed by atoms with Gasteiger partial charge < -0.3 is 4.90 Å². The largest absolute Gasteiger partial charge is 0.311 e. The Morgan fingerprint density at radius 1 is 1.06 bits per heavy atom. The summed E-state index contributed by atoms with van der Waals surface area (Å²) < 4.78 is 0.583. The third kappa shape index (κ3) is 6.52. The number of para-hydroxylation sites is 1. The van der Waals surface area contributed by atoms with Gasteiger partial charge in [-0.3, -0.25) is 14.5 Å². The van der Waals surface area contributed by atoms with E-state index >= 15 is 0 Å². The van der Waals surface area contributed by atoms with Crippen molar-refractivity contribution in [3.05, 3.63) is 71.1 Å². The fraction of sp³-hybridized carbons (Fsp3) is 0.280. The molecule has 1 saturated heterocycles. The lowest BCUT2D eigenvalue weighted by Gasteiger charge is -2.22. The SMILES string of the molecule is N#CCCN(C(=O)CCCCCN1C(=O)/C(=C/c2ccccc2)SC1=S)c1ccccc1. The lowest BCUT2D eigenvalue weighted by atomic mass is 10.1. The van der Waals surface area contributed by atoms with Crippen LogP contribution in [0.2, 0.25) is 0 Å². The van der Waals surface area contributed by atoms with E-state index < -0.39 is 0 Å². The molecule has 164 valence electrons. The minimum Gasteiger partial charge on any atom is -0.311 e. The van der Waals surface area contributed by atoms with E-state index in [1.807, 2.05) is 66.7 Å². The summed E-state index contributed by atoms with van der Waals surface area (Å²) in [6, 6.07) is 21.3. The summed E-state index contributed by atoms with van der Waals surface area (Å²) in [5.74, 6) is -0.0328. The Labute approximate surface area is 198 Å². The van der Waals surface area contributed by atoms with Gasteiger partial charge in [0, 0.05) is 25.2 Å². The number of carbonyl (C=O) groups excluding carboxylic acids is 2. The number of anilines is 1. The van der Waals surface area contributed by atoms with Crippen LogP contribution in [0, 0.1) is 11.3 Å². The Bertz CT molecular complexity index is 1020. The zero-order valence-electron chi connectivity index (χ0n) is 17.8. The first kappa shape index (κ1) is 23.7. The molecule has 1 fully saturated rings. The molecule has 1 heterocycles. The van der Waals surface area contributed by atoms with Crippen molar-refractivity contribution in [2.45, 2.75) is 32.1 Å². The van der Waals surface area contributed by atoms with Gasteiger partial charge in [0.15, 0.2) is 0 Å². The van der Waals surface area contributed by atoms with Crippen LogP contribution < -0.4 is 4.90 Å². The molecule has 0 unspecified atom stereocenters. The van der Waals surface area contributed by atoms with E-state index in [2.05, 4.69) is 6.07 Å². The quantitative estimate of drug-likeness (QED) is 0.268. The summed E-state index contributed by atoms with van der Waals surface area (Å²) >= 11 is 6.74. The number of unbranched alkanes of at least 4 members (excludes halogenated alkanes) is 2. The highest BCUT2D eigenvalue weighted by Crippen LogP contribution is 2.32. The average molecular weight is 464 g/mol. The van der Waals surface area contributed by atoms with Gasteiger partial charge in [0.2, 0.25) is 5.91 Å². The molecule has 32 heavy (non-hydrogen) atoms. The zero-order chi connectivity index (χ0) is 22.8. The van der Waals surface area contributed by atoms with E-state index in [4.69, 9.17) is 17.5 Å². The van der Waals surface area contributed by atoms with Crippen LogP contribution in [0.25, 0.3) is 6.08 Å². The second-order valence-corrected chi connectivity index (χ2v) is 9.02. The normalized spacial score (nSPS) is 14.6. The van der Waals surface area contributed by atoms with Crippen LogP contribution in [-0.4, -0.2) is 34.1 Å². The maximum Gasteiger partial charge on any atom is 0.266 e. The summed E-state index contributed by atoms with van der Waals surface area (Å²) in [7, 11) is 0. The second kappa shape index (κ2) is 12.2. The maximum absolute atomic E-state index is 12.7. The molecule has 0 bridgehead atoms. The van der Waals surface area contributed by atoms with Crippen LogP contribution in [0.15, 0.2) is 65.6 Å². The van der Waals surface area contributed by atoms with E-state index in [-0.39, 0.29) is 11.8 Å². The standard InChI is InChI=1S/C25H25N3O2S2/c26-16-10-18-27(21-13-6-2-7-14-21)23(29)15-8-3-9-17-28-24(30)22(32-25(28)31)19-20-11-4-1-5-12-20/h1-2,4-7,11-14,19H,3,8-10,15,17-18H2/b22-19-. The van der Waals surface area contributed by atoms with Crippen LogP contribution >= 0.6 is 24.0 Å². The first-order valence-corrected chi connectivity index (χ1v) is 11.9. The van der Waals surface area contributed by atoms with E-state index in [0.29, 0.717) is 35.2 Å². The van der Waals surface area contributed by atoms with Crippen LogP contribution in [0.4, 0.5) is 5.69 Å². The second-order valence-electron chi connectivity index (χ2n) is 7.34. The highest BCUT2D eigenvalue weighted by atomic mass is 32.2. The van der Waals surface area contributed by atoms with E-state index in [9.17, 15) is 9.59 Å². The minimum absolute atomic E-state index is 0.0165. The number of nitrogens with zero attached hydrogens (tertiary/aromatic N) is 3. The van der Waals surface area contributed by atoms with Crippen LogP contribution in [0.3, 0.4) is 0 Å². The molecule has 0 radical (unpaired) electrons. The molecular formula is C25H25N3O2S2. The highest BCUT2D eigenvalue weighted by Gasteiger charge is 2.31. The van der Waals surface area contributed by atoms with E-state index in [1.54, 1.807) is 9.80 Å². The van der Waals surface area contributed by atoms with Gasteiger partial charge in [-0.15, -0.1) is 0 Å². The molecule has 0 spiro atoms. The smallest absolute Gasteiger partial charge is 0.266 e. The van der Waals surface area contributed by atoms with Gasteiger partial charge in [0.25, 0.3) is 5.91 Å². The van der Waals surface area contributed by atoms with Gasteiger partial charge in [0.05, 0.1) is 17.4 Å². The van der Waals surface area contributed by atoms with Crippen molar-refractivity contribution in [3.63, 3.8) is 0 Å². The average Bonchev–Trinajstić information content (AvgIpc) is 3.07. The molecule has 2 aromatic rings. The highest BCUT2D eigenvalue weighted by molar-refractivity contribution is 8.26. The summed E-state index contributed by atoms with van der Waals surface area (Å²) in [4.78, 5) is 29.4. The lowest BCUT2D eigenvalue weighted by Crippen LogP contribution is -2.31. The molecule has 0 aliphatic carbocycles. The van der Waals surface area contributed by atoms with Crippen molar-refractivity contribution in [3.8, 4) is 6.07 Å². The Balaban J connectivity index is 1.46. The van der Waals surface area contributed by atoms with Gasteiger partial charge >= 0.3 is 0 Å². The number of hydrogen-bond donors (Lipinski definition) is 0. The van der Waals surface area contributed by atoms with Crippen LogP contribution in [0.1, 0.15) is 37.7 Å². The van der Waals surface area contributed by atoms with Crippen molar-refractivity contribution in [2.24, 2.45) is 0 Å². The Hall–Kier alpha value is -2.95. The molecular weight excluding hydrogens is 438 g/mol. The van der Waals surface area contributed by atoms with Gasteiger partial charge in [-0.25, -0.2) is 0 Å². The van der Waals surface area contributed by atoms with Crippen molar-refractivity contribution in [1.82, 2.24) is 4.90 Å². The first-order chi connectivity index (χ1) is 15.6. The summed E-state index contributed by atoms with van der Waals surface area (Å²) in [5.41, 5.74) is 1.79. The van der Waals surface area contributed by atoms with Crippen molar-refractivity contribution in [2.75, 3.05) is 18.0 Å². The van der Waals surface area contributed by atoms with Crippen molar-refractivity contribution in [1.29, 1.82) is 5.26 Å². The van der Waals surface area contributed by atoms with Gasteiger partial charge in [-0.1, -0.05) is 78.9 Å². The number of thioether (sulfide) groups is 1. The van der Waals surface area contributed by atoms with Gasteiger partial charge in [-0.2, -0.15) is 5.26 Å². The number of carbonyl (C=O) groups is 2. The van der Waals surface area contributed by atoms with Crippen molar-refractivity contribution < 1.29 is 9.59 Å². The van der Waals surface area contributed by atoms with E-state index in [0.717, 1.165) is 30.5 Å². The Kier molecular flexibility index (Phi) is 9.02. The number of hydrogen-bond acceptors (Lipinski definition) is 5. The molecule has 1 aliphatic rings. The third-order valence-corrected chi connectivity index (χ3v) is 6.44. The third-order valence-electron chi connectivity index (χ3n) is 5.06. The topological polar surface area (TPSA) is 64.4 Å². The maximum atomic E-state index is 12.7. The number of rotatable bonds is 10. The Morgan fingerprint density at radius 3 is 2.44 bits per heavy atom. The molecule has 0 saturated carbocycles. The molecule has 2 aromatic carbocycles. The summed E-state index contributed by atoms with van der Waals surface area (Å²) in [6.07, 6.45) is 4.91. The van der Waals surface area contributed by atoms with E-state index in [1.165, 1.54) is 11.8 Å².